The average molecular weight is 1830 g/mol. The van der Waals surface area contributed by atoms with Crippen molar-refractivity contribution in [1.82, 2.24) is 58.5 Å². The Hall–Kier alpha value is -0.510. The monoisotopic (exact) mass is 1830 g/mol. The summed E-state index contributed by atoms with van der Waals surface area (Å²) in [5.74, 6) is 10.8. The normalized spacial score (nSPS) is 27.2. The van der Waals surface area contributed by atoms with Crippen LogP contribution in [0.15, 0.2) is 24.2 Å². The number of ether oxygens (including phenoxy) is 3. The molecule has 0 aromatic heterocycles. The summed E-state index contributed by atoms with van der Waals surface area (Å²) in [6, 6.07) is 2.09. The van der Waals surface area contributed by atoms with E-state index in [1.54, 1.807) is 0 Å². The van der Waals surface area contributed by atoms with E-state index in [1.165, 1.54) is 178 Å². The minimum absolute atomic E-state index is 0.295. The Labute approximate surface area is 801 Å². The molecule has 0 aromatic rings. The van der Waals surface area contributed by atoms with Gasteiger partial charge in [-0.2, -0.15) is 23.5 Å². The molecule has 14 rings (SSSR count). The third-order valence-electron chi connectivity index (χ3n) is 28.2. The fourth-order valence-electron chi connectivity index (χ4n) is 16.8. The number of hydrogen-bond acceptors (Lipinski definition) is 17. The summed E-state index contributed by atoms with van der Waals surface area (Å²) in [6.45, 7) is 115. The van der Waals surface area contributed by atoms with Crippen LogP contribution in [-0.4, -0.2) is 176 Å². The first-order chi connectivity index (χ1) is 57.5. The van der Waals surface area contributed by atoms with Crippen LogP contribution < -0.4 is 58.5 Å². The maximum atomic E-state index is 5.52. The molecule has 126 heavy (non-hydrogen) atoms. The largest absolute Gasteiger partial charge is 0.388 e. The van der Waals surface area contributed by atoms with Gasteiger partial charge in [0.2, 0.25) is 0 Å². The molecule has 13 aliphatic heterocycles. The number of nitrogens with one attached hydrogen (secondary N) is 11. The lowest BCUT2D eigenvalue weighted by atomic mass is 9.77. The van der Waals surface area contributed by atoms with Crippen LogP contribution in [0.1, 0.15) is 387 Å². The van der Waals surface area contributed by atoms with Gasteiger partial charge in [0, 0.05) is 92.9 Å². The minimum atomic E-state index is 0.295. The Kier molecular flexibility index (Phi) is 56.5. The molecule has 11 N–H and O–H groups in total. The van der Waals surface area contributed by atoms with E-state index in [0.717, 1.165) is 117 Å². The van der Waals surface area contributed by atoms with Crippen LogP contribution in [0.3, 0.4) is 0 Å². The van der Waals surface area contributed by atoms with Crippen molar-refractivity contribution in [2.75, 3.05) is 135 Å². The lowest BCUT2D eigenvalue weighted by Gasteiger charge is -2.38. The Morgan fingerprint density at radius 1 is 0.310 bits per heavy atom. The highest BCUT2D eigenvalue weighted by Gasteiger charge is 2.37. The standard InChI is InChI=1S/C9H18.2C8H16N2.3C8H17N.2C8H16O.2C8H16S.C7H15NO.C7H15NS.2C7H15N/c1-9(2,3)8-6-4-5-7-8;1-8(2,3)7-4-9-6-10-5-7;1-8(2,3)7-6-9-4-5-10-7;2*1-8(2,3)7-4-5-9-6-7;1-8(2,3)7-5-4-6-9-7;1-8(2,3)7-4-5-9-6-7;1-8(2,3)7-5-4-6-9-7;1-8(2,3)7-4-5-9-6-7;1-8(2,3)7-5-4-6-9-7;2*1-7(2,3)6-4-8-5-9-6;1-7(2,3)6-4-8-5-6;1-7(2,3)6-4-5-8-6/h8H,4-7H2,1-3H3;4,9-10H,5-6H2,1-3H3;4-5,7,9-10H,6H2,1-3H3;3*7,9H,4-6H2,1-3H3;4*7H,4-6H2,1-3H3;2*6,8H,4-5H2,1-3H3;2*6,8H,4-5H2,1-3H3. The Morgan fingerprint density at radius 2 is 0.810 bits per heavy atom. The molecule has 13 heterocycles. The van der Waals surface area contributed by atoms with Gasteiger partial charge in [0.25, 0.3) is 0 Å². The molecule has 0 amide bonds. The van der Waals surface area contributed by atoms with Crippen molar-refractivity contribution >= 4 is 35.3 Å². The molecule has 14 nitrogen and oxygen atoms in total. The van der Waals surface area contributed by atoms with Crippen molar-refractivity contribution in [3.63, 3.8) is 0 Å². The Bertz CT molecular complexity index is 2290. The predicted octanol–water partition coefficient (Wildman–Crippen LogP) is 25.7. The van der Waals surface area contributed by atoms with Gasteiger partial charge in [0.05, 0.1) is 25.6 Å². The van der Waals surface area contributed by atoms with Crippen molar-refractivity contribution in [1.29, 1.82) is 0 Å². The lowest BCUT2D eigenvalue weighted by Crippen LogP contribution is -2.50. The van der Waals surface area contributed by atoms with Crippen LogP contribution in [-0.2, 0) is 14.2 Å². The molecule has 0 aromatic carbocycles. The summed E-state index contributed by atoms with van der Waals surface area (Å²) < 4.78 is 16.2. The molecule has 14 aliphatic rings. The van der Waals surface area contributed by atoms with Crippen molar-refractivity contribution in [3.8, 4) is 0 Å². The topological polar surface area (TPSA) is 160 Å². The van der Waals surface area contributed by atoms with Crippen LogP contribution in [0.5, 0.6) is 0 Å². The van der Waals surface area contributed by atoms with Gasteiger partial charge in [-0.05, 0) is 276 Å². The molecule has 12 fully saturated rings. The van der Waals surface area contributed by atoms with E-state index in [9.17, 15) is 0 Å². The number of thioether (sulfide) groups is 3. The molecule has 17 heteroatoms. The first kappa shape index (κ1) is 123. The highest BCUT2D eigenvalue weighted by atomic mass is 32.2. The summed E-state index contributed by atoms with van der Waals surface area (Å²) in [4.78, 5) is 0. The highest BCUT2D eigenvalue weighted by Crippen LogP contribution is 2.42. The van der Waals surface area contributed by atoms with Crippen LogP contribution in [0.4, 0.5) is 0 Å². The molecule has 11 saturated heterocycles. The van der Waals surface area contributed by atoms with E-state index < -0.39 is 0 Å². The zero-order valence-corrected chi connectivity index (χ0v) is 94.6. The fourth-order valence-corrected chi connectivity index (χ4v) is 21.0. The van der Waals surface area contributed by atoms with Gasteiger partial charge in [-0.1, -0.05) is 304 Å². The summed E-state index contributed by atoms with van der Waals surface area (Å²) in [7, 11) is 0. The van der Waals surface area contributed by atoms with E-state index >= 15 is 0 Å². The van der Waals surface area contributed by atoms with E-state index in [4.69, 9.17) is 14.2 Å². The van der Waals surface area contributed by atoms with Gasteiger partial charge in [0.1, 0.15) is 0 Å². The van der Waals surface area contributed by atoms with Crippen LogP contribution >= 0.6 is 35.3 Å². The third kappa shape index (κ3) is 56.3. The third-order valence-corrected chi connectivity index (χ3v) is 32.9. The van der Waals surface area contributed by atoms with Crippen molar-refractivity contribution in [3.05, 3.63) is 24.2 Å². The minimum Gasteiger partial charge on any atom is -0.388 e. The van der Waals surface area contributed by atoms with E-state index in [0.29, 0.717) is 94.1 Å². The quantitative estimate of drug-likeness (QED) is 0.111. The van der Waals surface area contributed by atoms with Crippen LogP contribution in [0, 0.1) is 111 Å². The molecule has 0 bridgehead atoms. The zero-order valence-electron chi connectivity index (χ0n) is 92.1. The van der Waals surface area contributed by atoms with Crippen LogP contribution in [0.25, 0.3) is 0 Å². The second-order valence-electron chi connectivity index (χ2n) is 54.2. The van der Waals surface area contributed by atoms with Gasteiger partial charge in [-0.3, -0.25) is 10.6 Å². The molecular weight excluding hydrogens is 1610 g/mol. The highest BCUT2D eigenvalue weighted by molar-refractivity contribution is 8.00. The number of hydrogen-bond donors (Lipinski definition) is 11. The van der Waals surface area contributed by atoms with Crippen molar-refractivity contribution in [2.45, 2.75) is 428 Å². The predicted molar refractivity (Wildman–Crippen MR) is 569 cm³/mol. The average Bonchev–Trinajstić information content (AvgIpc) is 1.33. The summed E-state index contributed by atoms with van der Waals surface area (Å²) >= 11 is 6.30. The SMILES string of the molecule is CC(C)(C)C1=CNCNC1.CC(C)(C)C1CCCC1.CC(C)(C)C1CCCN1.CC(C)(C)C1CCCO1.CC(C)(C)C1CCCS1.CC(C)(C)C1CCN1.CC(C)(C)C1CCNC1.CC(C)(C)C1CCNC1.CC(C)(C)C1CCOC1.CC(C)(C)C1CCSC1.CC(C)(C)C1CNC1.CC(C)(C)C1CNC=CN1.CC(C)(C)C1CNCO1.CC(C)(C)C1CNCS1. The van der Waals surface area contributed by atoms with Gasteiger partial charge < -0.3 is 62.1 Å². The van der Waals surface area contributed by atoms with E-state index in [2.05, 4.69) is 379 Å². The second-order valence-corrected chi connectivity index (χ2v) is 57.9. The molecule has 0 spiro atoms. The molecule has 1 aliphatic carbocycles. The second kappa shape index (κ2) is 57.6. The van der Waals surface area contributed by atoms with Gasteiger partial charge >= 0.3 is 0 Å². The summed E-state index contributed by atoms with van der Waals surface area (Å²) in [6.07, 6.45) is 27.7. The van der Waals surface area contributed by atoms with E-state index in [-0.39, 0.29) is 0 Å². The maximum absolute atomic E-state index is 5.52. The molecule has 11 atom stereocenters. The Morgan fingerprint density at radius 3 is 1.00 bits per heavy atom. The maximum Gasteiger partial charge on any atom is 0.0970 e. The van der Waals surface area contributed by atoms with Gasteiger partial charge in [-0.25, -0.2) is 0 Å². The molecular formula is C109H225N11O3S3. The zero-order chi connectivity index (χ0) is 96.7. The fraction of sp³-hybridized carbons (Fsp3) is 0.963. The molecule has 11 unspecified atom stereocenters. The Balaban J connectivity index is 0.000000679. The molecule has 0 radical (unpaired) electrons. The first-order valence-electron chi connectivity index (χ1n) is 51.4. The van der Waals surface area contributed by atoms with Crippen LogP contribution in [0.2, 0.25) is 0 Å². The smallest absolute Gasteiger partial charge is 0.0970 e. The van der Waals surface area contributed by atoms with Gasteiger partial charge in [-0.15, -0.1) is 11.8 Å². The molecule has 752 valence electrons. The van der Waals surface area contributed by atoms with Crippen molar-refractivity contribution in [2.24, 2.45) is 111 Å². The molecule has 1 saturated carbocycles. The van der Waals surface area contributed by atoms with Gasteiger partial charge in [0.15, 0.2) is 0 Å². The van der Waals surface area contributed by atoms with E-state index in [1.807, 2.05) is 24.2 Å². The summed E-state index contributed by atoms with van der Waals surface area (Å²) in [5, 5.41) is 38.1. The van der Waals surface area contributed by atoms with Crippen molar-refractivity contribution < 1.29 is 14.2 Å². The first-order valence-corrected chi connectivity index (χ1v) is 54.6. The number of rotatable bonds is 0. The lowest BCUT2D eigenvalue weighted by molar-refractivity contribution is 0.0290. The summed E-state index contributed by atoms with van der Waals surface area (Å²) in [5.41, 5.74) is 7.88.